The second-order valence-corrected chi connectivity index (χ2v) is 7.54. The number of anilines is 1. The van der Waals surface area contributed by atoms with Gasteiger partial charge in [0.05, 0.1) is 16.8 Å². The monoisotopic (exact) mass is 351 g/mol. The van der Waals surface area contributed by atoms with Crippen molar-refractivity contribution in [3.8, 4) is 5.75 Å². The molecule has 2 N–H and O–H groups in total. The fraction of sp³-hybridized carbons (Fsp3) is 0.611. The van der Waals surface area contributed by atoms with E-state index < -0.39 is 0 Å². The summed E-state index contributed by atoms with van der Waals surface area (Å²) < 4.78 is 5.78. The number of nitrogens with zero attached hydrogens (tertiary/aromatic N) is 1. The second kappa shape index (κ2) is 7.19. The molecule has 0 atom stereocenters. The zero-order valence-corrected chi connectivity index (χ0v) is 15.2. The number of hydrogen-bond donors (Lipinski definition) is 2. The molecule has 2 fully saturated rings. The molecule has 1 spiro atoms. The summed E-state index contributed by atoms with van der Waals surface area (Å²) in [5.41, 5.74) is 0.932. The molecule has 0 radical (unpaired) electrons. The van der Waals surface area contributed by atoms with Gasteiger partial charge in [0, 0.05) is 13.1 Å². The van der Waals surface area contributed by atoms with Crippen LogP contribution in [-0.4, -0.2) is 43.2 Å². The first-order chi connectivity index (χ1) is 11.5. The summed E-state index contributed by atoms with van der Waals surface area (Å²) >= 11 is 6.24. The molecule has 0 unspecified atom stereocenters. The number of urea groups is 1. The second-order valence-electron chi connectivity index (χ2n) is 7.13. The fourth-order valence-electron chi connectivity index (χ4n) is 3.63. The van der Waals surface area contributed by atoms with Crippen LogP contribution in [0.2, 0.25) is 5.02 Å². The number of carbonyl (C=O) groups is 1. The van der Waals surface area contributed by atoms with E-state index in [1.165, 1.54) is 0 Å². The van der Waals surface area contributed by atoms with Crippen LogP contribution in [0.3, 0.4) is 0 Å². The number of likely N-dealkylation sites (tertiary alicyclic amines) is 1. The molecule has 3 rings (SSSR count). The first-order valence-corrected chi connectivity index (χ1v) is 9.09. The first kappa shape index (κ1) is 17.4. The number of para-hydroxylation sites is 1. The number of ether oxygens (including phenoxy) is 1. The zero-order chi connectivity index (χ0) is 17.2. The molecule has 2 saturated heterocycles. The molecule has 5 nitrogen and oxygen atoms in total. The lowest BCUT2D eigenvalue weighted by Gasteiger charge is -2.33. The van der Waals surface area contributed by atoms with Crippen molar-refractivity contribution in [3.05, 3.63) is 23.2 Å². The van der Waals surface area contributed by atoms with E-state index in [1.807, 2.05) is 30.9 Å². The standard InChI is InChI=1S/C18H26ClN3O2/c1-13(2)24-16-14(19)4-3-5-15(16)21-17(23)22-11-8-18(12-22)6-9-20-10-7-18/h3-5,13,20H,6-12H2,1-2H3,(H,21,23). The summed E-state index contributed by atoms with van der Waals surface area (Å²) in [6.45, 7) is 7.63. The highest BCUT2D eigenvalue weighted by Crippen LogP contribution is 2.39. The van der Waals surface area contributed by atoms with E-state index in [2.05, 4.69) is 10.6 Å². The summed E-state index contributed by atoms with van der Waals surface area (Å²) in [4.78, 5) is 14.6. The van der Waals surface area contributed by atoms with Crippen molar-refractivity contribution in [2.45, 2.75) is 39.2 Å². The van der Waals surface area contributed by atoms with E-state index in [1.54, 1.807) is 6.07 Å². The van der Waals surface area contributed by atoms with E-state index in [0.717, 1.165) is 45.4 Å². The van der Waals surface area contributed by atoms with Gasteiger partial charge in [0.25, 0.3) is 0 Å². The average Bonchev–Trinajstić information content (AvgIpc) is 2.95. The van der Waals surface area contributed by atoms with Crippen LogP contribution in [-0.2, 0) is 0 Å². The number of amides is 2. The Kier molecular flexibility index (Phi) is 5.21. The number of piperidine rings is 1. The third-order valence-corrected chi connectivity index (χ3v) is 5.25. The first-order valence-electron chi connectivity index (χ1n) is 8.71. The van der Waals surface area contributed by atoms with Crippen LogP contribution in [0.15, 0.2) is 18.2 Å². The Balaban J connectivity index is 1.68. The number of benzene rings is 1. The Morgan fingerprint density at radius 1 is 1.33 bits per heavy atom. The topological polar surface area (TPSA) is 53.6 Å². The maximum atomic E-state index is 12.7. The molecule has 0 bridgehead atoms. The number of carbonyl (C=O) groups excluding carboxylic acids is 1. The van der Waals surface area contributed by atoms with Gasteiger partial charge in [-0.3, -0.25) is 0 Å². The van der Waals surface area contributed by atoms with Gasteiger partial charge in [-0.15, -0.1) is 0 Å². The lowest BCUT2D eigenvalue weighted by Crippen LogP contribution is -2.40. The van der Waals surface area contributed by atoms with E-state index in [4.69, 9.17) is 16.3 Å². The van der Waals surface area contributed by atoms with Crippen molar-refractivity contribution in [1.29, 1.82) is 0 Å². The van der Waals surface area contributed by atoms with Crippen molar-refractivity contribution in [2.75, 3.05) is 31.5 Å². The summed E-state index contributed by atoms with van der Waals surface area (Å²) in [5, 5.41) is 6.90. The maximum absolute atomic E-state index is 12.7. The van der Waals surface area contributed by atoms with Gasteiger partial charge in [-0.2, -0.15) is 0 Å². The molecule has 0 saturated carbocycles. The van der Waals surface area contributed by atoms with Gasteiger partial charge in [-0.05, 0) is 63.7 Å². The van der Waals surface area contributed by atoms with Gasteiger partial charge < -0.3 is 20.3 Å². The van der Waals surface area contributed by atoms with Crippen LogP contribution < -0.4 is 15.4 Å². The van der Waals surface area contributed by atoms with Crippen LogP contribution >= 0.6 is 11.6 Å². The van der Waals surface area contributed by atoms with Gasteiger partial charge in [-0.1, -0.05) is 17.7 Å². The highest BCUT2D eigenvalue weighted by Gasteiger charge is 2.40. The van der Waals surface area contributed by atoms with Gasteiger partial charge in [0.1, 0.15) is 0 Å². The Hall–Kier alpha value is -1.46. The smallest absolute Gasteiger partial charge is 0.321 e. The molecule has 0 aromatic heterocycles. The Morgan fingerprint density at radius 2 is 2.08 bits per heavy atom. The highest BCUT2D eigenvalue weighted by atomic mass is 35.5. The lowest BCUT2D eigenvalue weighted by atomic mass is 9.78. The summed E-state index contributed by atoms with van der Waals surface area (Å²) in [6.07, 6.45) is 3.38. The van der Waals surface area contributed by atoms with Crippen LogP contribution in [0.5, 0.6) is 5.75 Å². The van der Waals surface area contributed by atoms with E-state index in [9.17, 15) is 4.79 Å². The van der Waals surface area contributed by atoms with E-state index in [-0.39, 0.29) is 12.1 Å². The van der Waals surface area contributed by atoms with Crippen molar-refractivity contribution in [1.82, 2.24) is 10.2 Å². The van der Waals surface area contributed by atoms with Crippen LogP contribution in [0.25, 0.3) is 0 Å². The largest absolute Gasteiger partial charge is 0.487 e. The quantitative estimate of drug-likeness (QED) is 0.872. The van der Waals surface area contributed by atoms with Crippen LogP contribution in [0.4, 0.5) is 10.5 Å². The predicted octanol–water partition coefficient (Wildman–Crippen LogP) is 3.73. The lowest BCUT2D eigenvalue weighted by molar-refractivity contribution is 0.191. The molecule has 0 aliphatic carbocycles. The number of rotatable bonds is 3. The van der Waals surface area contributed by atoms with Gasteiger partial charge in [-0.25, -0.2) is 4.79 Å². The Labute approximate surface area is 148 Å². The SMILES string of the molecule is CC(C)Oc1c(Cl)cccc1NC(=O)N1CCC2(CCNCC2)C1. The zero-order valence-electron chi connectivity index (χ0n) is 14.4. The van der Waals surface area contributed by atoms with Gasteiger partial charge >= 0.3 is 6.03 Å². The average molecular weight is 352 g/mol. The predicted molar refractivity (Wildman–Crippen MR) is 97.0 cm³/mol. The maximum Gasteiger partial charge on any atom is 0.321 e. The summed E-state index contributed by atoms with van der Waals surface area (Å²) in [7, 11) is 0. The van der Waals surface area contributed by atoms with Crippen molar-refractivity contribution >= 4 is 23.3 Å². The van der Waals surface area contributed by atoms with Crippen LogP contribution in [0.1, 0.15) is 33.1 Å². The summed E-state index contributed by atoms with van der Waals surface area (Å²) in [5.74, 6) is 0.540. The number of nitrogens with one attached hydrogen (secondary N) is 2. The normalized spacial score (nSPS) is 19.8. The molecule has 2 aliphatic heterocycles. The Bertz CT molecular complexity index is 600. The van der Waals surface area contributed by atoms with Gasteiger partial charge in [0.2, 0.25) is 0 Å². The number of hydrogen-bond acceptors (Lipinski definition) is 3. The molecule has 2 aliphatic rings. The number of halogens is 1. The van der Waals surface area contributed by atoms with E-state index >= 15 is 0 Å². The minimum absolute atomic E-state index is 0.00894. The molecule has 6 heteroatoms. The molecular weight excluding hydrogens is 326 g/mol. The van der Waals surface area contributed by atoms with Crippen molar-refractivity contribution in [3.63, 3.8) is 0 Å². The third kappa shape index (κ3) is 3.78. The van der Waals surface area contributed by atoms with Gasteiger partial charge in [0.15, 0.2) is 5.75 Å². The molecule has 1 aromatic carbocycles. The molecule has 24 heavy (non-hydrogen) atoms. The molecule has 1 aromatic rings. The van der Waals surface area contributed by atoms with Crippen LogP contribution in [0, 0.1) is 5.41 Å². The third-order valence-electron chi connectivity index (χ3n) is 4.95. The summed E-state index contributed by atoms with van der Waals surface area (Å²) in [6, 6.07) is 5.36. The minimum atomic E-state index is -0.0683. The Morgan fingerprint density at radius 3 is 2.79 bits per heavy atom. The van der Waals surface area contributed by atoms with Crippen molar-refractivity contribution in [2.24, 2.45) is 5.41 Å². The molecule has 2 heterocycles. The molecule has 132 valence electrons. The van der Waals surface area contributed by atoms with Crippen molar-refractivity contribution < 1.29 is 9.53 Å². The minimum Gasteiger partial charge on any atom is -0.487 e. The fourth-order valence-corrected chi connectivity index (χ4v) is 3.85. The van der Waals surface area contributed by atoms with E-state index in [0.29, 0.717) is 21.9 Å². The molecular formula is C18H26ClN3O2. The molecule has 2 amide bonds. The highest BCUT2D eigenvalue weighted by molar-refractivity contribution is 6.32.